The fourth-order valence-electron chi connectivity index (χ4n) is 7.14. The molecule has 56 heavy (non-hydrogen) atoms. The molecule has 0 spiro atoms. The number of hydrogen-bond donors (Lipinski definition) is 1. The highest BCUT2D eigenvalue weighted by Crippen LogP contribution is 2.30. The van der Waals surface area contributed by atoms with Gasteiger partial charge in [-0.25, -0.2) is 0 Å². The summed E-state index contributed by atoms with van der Waals surface area (Å²) in [5.74, 6) is 1.91. The number of rotatable bonds is 25. The molecule has 3 aromatic rings. The minimum absolute atomic E-state index is 0.122. The summed E-state index contributed by atoms with van der Waals surface area (Å²) in [7, 11) is 0. The van der Waals surface area contributed by atoms with Gasteiger partial charge in [0, 0.05) is 39.0 Å². The van der Waals surface area contributed by atoms with Crippen molar-refractivity contribution in [3.63, 3.8) is 0 Å². The maximum absolute atomic E-state index is 13.4. The van der Waals surface area contributed by atoms with E-state index in [0.717, 1.165) is 24.0 Å². The van der Waals surface area contributed by atoms with Crippen molar-refractivity contribution >= 4 is 11.8 Å². The van der Waals surface area contributed by atoms with Gasteiger partial charge in [0.05, 0.1) is 33.0 Å². The van der Waals surface area contributed by atoms with Gasteiger partial charge >= 0.3 is 0 Å². The molecule has 3 aromatic carbocycles. The first-order chi connectivity index (χ1) is 26.6. The molecule has 0 radical (unpaired) electrons. The Balaban J connectivity index is 1.46. The van der Waals surface area contributed by atoms with Crippen LogP contribution in [0.1, 0.15) is 97.8 Å². The van der Waals surface area contributed by atoms with E-state index in [9.17, 15) is 14.7 Å². The number of hydrogen-bond acceptors (Lipinski definition) is 7. The van der Waals surface area contributed by atoms with Crippen LogP contribution >= 0.6 is 0 Å². The van der Waals surface area contributed by atoms with Crippen LogP contribution in [-0.4, -0.2) is 79.5 Å². The standard InChI is InChI=1S/C47H70N2O7/c1-37(32-46(3,4)5)29-44(51)48(34-39-15-11-9-12-16-39)21-23-53-25-27-55-42-20-19-41(36-50)31-43(42)56-28-26-54-24-22-49(35-40-17-13-10-14-18-40)45(52)30-38(2)33-47(6,7)8/h9-20,31,37-38,50H,21-30,32-36H2,1-8H3. The summed E-state index contributed by atoms with van der Waals surface area (Å²) >= 11 is 0. The van der Waals surface area contributed by atoms with Gasteiger partial charge in [0.25, 0.3) is 0 Å². The summed E-state index contributed by atoms with van der Waals surface area (Å²) in [5, 5.41) is 9.75. The predicted molar refractivity (Wildman–Crippen MR) is 224 cm³/mol. The monoisotopic (exact) mass is 775 g/mol. The Morgan fingerprint density at radius 3 is 1.41 bits per heavy atom. The molecule has 1 N–H and O–H groups in total. The first-order valence-corrected chi connectivity index (χ1v) is 20.4. The van der Waals surface area contributed by atoms with E-state index in [0.29, 0.717) is 95.0 Å². The highest BCUT2D eigenvalue weighted by atomic mass is 16.6. The van der Waals surface area contributed by atoms with Crippen LogP contribution in [0.4, 0.5) is 0 Å². The van der Waals surface area contributed by atoms with Crippen molar-refractivity contribution in [3.8, 4) is 11.5 Å². The zero-order valence-electron chi connectivity index (χ0n) is 35.6. The molecule has 0 aromatic heterocycles. The quantitative estimate of drug-likeness (QED) is 0.0859. The number of aliphatic hydroxyl groups excluding tert-OH is 1. The van der Waals surface area contributed by atoms with Gasteiger partial charge in [0.2, 0.25) is 11.8 Å². The largest absolute Gasteiger partial charge is 0.487 e. The Morgan fingerprint density at radius 1 is 0.571 bits per heavy atom. The van der Waals surface area contributed by atoms with Gasteiger partial charge < -0.3 is 33.9 Å². The summed E-state index contributed by atoms with van der Waals surface area (Å²) in [6.07, 6.45) is 2.98. The molecule has 9 heteroatoms. The van der Waals surface area contributed by atoms with E-state index in [4.69, 9.17) is 18.9 Å². The minimum atomic E-state index is -0.122. The van der Waals surface area contributed by atoms with Crippen LogP contribution < -0.4 is 9.47 Å². The van der Waals surface area contributed by atoms with Crippen molar-refractivity contribution in [2.45, 2.75) is 101 Å². The zero-order chi connectivity index (χ0) is 41.0. The molecular formula is C47H70N2O7. The third-order valence-electron chi connectivity index (χ3n) is 9.28. The Labute approximate surface area is 337 Å². The molecule has 0 saturated heterocycles. The van der Waals surface area contributed by atoms with E-state index in [1.807, 2.05) is 70.5 Å². The topological polar surface area (TPSA) is 97.8 Å². The second-order valence-corrected chi connectivity index (χ2v) is 17.6. The van der Waals surface area contributed by atoms with Crippen molar-refractivity contribution in [1.82, 2.24) is 9.80 Å². The van der Waals surface area contributed by atoms with Crippen molar-refractivity contribution < 1.29 is 33.6 Å². The molecule has 9 nitrogen and oxygen atoms in total. The summed E-state index contributed by atoms with van der Waals surface area (Å²) in [6, 6.07) is 25.5. The van der Waals surface area contributed by atoms with Gasteiger partial charge in [-0.3, -0.25) is 9.59 Å². The Hall–Kier alpha value is -3.92. The fourth-order valence-corrected chi connectivity index (χ4v) is 7.14. The molecule has 0 bridgehead atoms. The minimum Gasteiger partial charge on any atom is -0.487 e. The summed E-state index contributed by atoms with van der Waals surface area (Å²) in [4.78, 5) is 30.5. The lowest BCUT2D eigenvalue weighted by molar-refractivity contribution is -0.134. The molecule has 0 fully saturated rings. The first-order valence-electron chi connectivity index (χ1n) is 20.4. The number of ether oxygens (including phenoxy) is 4. The van der Waals surface area contributed by atoms with Crippen molar-refractivity contribution in [1.29, 1.82) is 0 Å². The molecule has 2 atom stereocenters. The van der Waals surface area contributed by atoms with E-state index in [-0.39, 0.29) is 41.8 Å². The van der Waals surface area contributed by atoms with Crippen molar-refractivity contribution in [3.05, 3.63) is 95.6 Å². The first kappa shape index (κ1) is 46.5. The van der Waals surface area contributed by atoms with E-state index < -0.39 is 0 Å². The van der Waals surface area contributed by atoms with E-state index in [1.54, 1.807) is 18.2 Å². The number of aliphatic hydroxyl groups is 1. The second-order valence-electron chi connectivity index (χ2n) is 17.6. The third kappa shape index (κ3) is 19.3. The molecule has 0 heterocycles. The third-order valence-corrected chi connectivity index (χ3v) is 9.28. The van der Waals surface area contributed by atoms with Crippen molar-refractivity contribution in [2.75, 3.05) is 52.7 Å². The van der Waals surface area contributed by atoms with Crippen LogP contribution in [0.2, 0.25) is 0 Å². The number of carbonyl (C=O) groups excluding carboxylic acids is 2. The molecule has 2 unspecified atom stereocenters. The smallest absolute Gasteiger partial charge is 0.223 e. The Morgan fingerprint density at radius 2 is 1.00 bits per heavy atom. The van der Waals surface area contributed by atoms with E-state index >= 15 is 0 Å². The highest BCUT2D eigenvalue weighted by Gasteiger charge is 2.23. The molecular weight excluding hydrogens is 705 g/mol. The Bertz CT molecular complexity index is 1550. The van der Waals surface area contributed by atoms with Gasteiger partial charge in [-0.1, -0.05) is 122 Å². The van der Waals surface area contributed by atoms with E-state index in [1.165, 1.54) is 0 Å². The molecule has 0 aliphatic rings. The lowest BCUT2D eigenvalue weighted by atomic mass is 9.84. The normalized spacial score (nSPS) is 12.9. The SMILES string of the molecule is CC(CC(=O)N(CCOCCOc1ccc(CO)cc1OCCOCCN(Cc1ccccc1)C(=O)CC(C)CC(C)(C)C)Cc1ccccc1)CC(C)(C)C. The fraction of sp³-hybridized carbons (Fsp3) is 0.574. The van der Waals surface area contributed by atoms with Gasteiger partial charge in [-0.05, 0) is 64.3 Å². The highest BCUT2D eigenvalue weighted by molar-refractivity contribution is 5.77. The molecule has 3 rings (SSSR count). The average Bonchev–Trinajstić information content (AvgIpc) is 3.12. The second kappa shape index (κ2) is 24.0. The van der Waals surface area contributed by atoms with Crippen LogP contribution in [0.5, 0.6) is 11.5 Å². The number of nitrogens with zero attached hydrogens (tertiary/aromatic N) is 2. The summed E-state index contributed by atoms with van der Waals surface area (Å²) in [5.41, 5.74) is 3.23. The van der Waals surface area contributed by atoms with Crippen LogP contribution in [-0.2, 0) is 38.8 Å². The molecule has 0 aliphatic carbocycles. The van der Waals surface area contributed by atoms with Crippen LogP contribution in [0.3, 0.4) is 0 Å². The van der Waals surface area contributed by atoms with Gasteiger partial charge in [0.15, 0.2) is 11.5 Å². The van der Waals surface area contributed by atoms with Gasteiger partial charge in [-0.15, -0.1) is 0 Å². The Kier molecular flexibility index (Phi) is 19.9. The lowest BCUT2D eigenvalue weighted by Gasteiger charge is -2.27. The lowest BCUT2D eigenvalue weighted by Crippen LogP contribution is -2.35. The van der Waals surface area contributed by atoms with Crippen molar-refractivity contribution in [2.24, 2.45) is 22.7 Å². The number of benzene rings is 3. The maximum Gasteiger partial charge on any atom is 0.223 e. The van der Waals surface area contributed by atoms with Crippen LogP contribution in [0, 0.1) is 22.7 Å². The molecule has 310 valence electrons. The summed E-state index contributed by atoms with van der Waals surface area (Å²) in [6.45, 7) is 21.5. The number of carbonyl (C=O) groups is 2. The molecule has 0 saturated carbocycles. The average molecular weight is 775 g/mol. The number of amides is 2. The molecule has 0 aliphatic heterocycles. The zero-order valence-corrected chi connectivity index (χ0v) is 35.6. The summed E-state index contributed by atoms with van der Waals surface area (Å²) < 4.78 is 24.0. The van der Waals surface area contributed by atoms with Crippen LogP contribution in [0.15, 0.2) is 78.9 Å². The molecule has 2 amide bonds. The maximum atomic E-state index is 13.4. The van der Waals surface area contributed by atoms with Crippen LogP contribution in [0.25, 0.3) is 0 Å². The van der Waals surface area contributed by atoms with E-state index in [2.05, 4.69) is 55.4 Å². The van der Waals surface area contributed by atoms with Gasteiger partial charge in [-0.2, -0.15) is 0 Å². The predicted octanol–water partition coefficient (Wildman–Crippen LogP) is 8.95. The van der Waals surface area contributed by atoms with Gasteiger partial charge in [0.1, 0.15) is 13.2 Å².